The number of hydrogen-bond donors (Lipinski definition) is 1. The second kappa shape index (κ2) is 5.16. The number of unbranched alkanes of at least 4 members (excludes halogenated alkanes) is 1. The first-order valence-electron chi connectivity index (χ1n) is 4.32. The molecule has 11 heavy (non-hydrogen) atoms. The summed E-state index contributed by atoms with van der Waals surface area (Å²) in [5.74, 6) is -0.526. The van der Waals surface area contributed by atoms with Crippen LogP contribution in [0.3, 0.4) is 0 Å². The molecular weight excluding hydrogens is 140 g/mol. The van der Waals surface area contributed by atoms with Crippen molar-refractivity contribution in [3.8, 4) is 0 Å². The standard InChI is InChI=1S/C9H18O2/c1-4-5-6-8(7(2)3)9(10)11/h7-8H,4-6H2,1-3H3,(H,10,11)/t8-/m0/s1. The minimum absolute atomic E-state index is 0.144. The molecule has 1 atom stereocenters. The molecule has 0 spiro atoms. The van der Waals surface area contributed by atoms with E-state index in [1.54, 1.807) is 0 Å². The van der Waals surface area contributed by atoms with E-state index in [0.717, 1.165) is 19.3 Å². The molecular formula is C9H18O2. The van der Waals surface area contributed by atoms with Gasteiger partial charge in [0, 0.05) is 0 Å². The van der Waals surface area contributed by atoms with E-state index in [0.29, 0.717) is 0 Å². The molecule has 0 amide bonds. The molecule has 0 saturated carbocycles. The van der Waals surface area contributed by atoms with Crippen molar-refractivity contribution >= 4 is 5.97 Å². The maximum Gasteiger partial charge on any atom is 0.306 e. The highest BCUT2D eigenvalue weighted by molar-refractivity contribution is 5.70. The van der Waals surface area contributed by atoms with Gasteiger partial charge in [0.15, 0.2) is 0 Å². The predicted octanol–water partition coefficient (Wildman–Crippen LogP) is 2.53. The highest BCUT2D eigenvalue weighted by Crippen LogP contribution is 2.17. The van der Waals surface area contributed by atoms with Crippen molar-refractivity contribution in [3.05, 3.63) is 0 Å². The van der Waals surface area contributed by atoms with Gasteiger partial charge >= 0.3 is 5.97 Å². The van der Waals surface area contributed by atoms with E-state index < -0.39 is 5.97 Å². The summed E-state index contributed by atoms with van der Waals surface area (Å²) in [5, 5.41) is 8.77. The number of carboxylic acids is 1. The van der Waals surface area contributed by atoms with Crippen molar-refractivity contribution in [2.75, 3.05) is 0 Å². The Morgan fingerprint density at radius 2 is 2.00 bits per heavy atom. The predicted molar refractivity (Wildman–Crippen MR) is 45.5 cm³/mol. The number of rotatable bonds is 5. The number of carbonyl (C=O) groups is 1. The Hall–Kier alpha value is -0.530. The summed E-state index contributed by atoms with van der Waals surface area (Å²) >= 11 is 0. The van der Waals surface area contributed by atoms with Crippen molar-refractivity contribution in [3.63, 3.8) is 0 Å². The van der Waals surface area contributed by atoms with Crippen molar-refractivity contribution in [1.82, 2.24) is 0 Å². The van der Waals surface area contributed by atoms with E-state index >= 15 is 0 Å². The van der Waals surface area contributed by atoms with Crippen LogP contribution in [0.15, 0.2) is 0 Å². The first kappa shape index (κ1) is 10.5. The van der Waals surface area contributed by atoms with Gasteiger partial charge in [-0.05, 0) is 12.3 Å². The molecule has 66 valence electrons. The van der Waals surface area contributed by atoms with Gasteiger partial charge in [0.05, 0.1) is 5.92 Å². The molecule has 2 heteroatoms. The molecule has 0 aliphatic carbocycles. The minimum atomic E-state index is -0.645. The lowest BCUT2D eigenvalue weighted by molar-refractivity contribution is -0.143. The third-order valence-electron chi connectivity index (χ3n) is 1.99. The van der Waals surface area contributed by atoms with Crippen molar-refractivity contribution in [2.24, 2.45) is 11.8 Å². The molecule has 0 aromatic carbocycles. The maximum atomic E-state index is 10.6. The molecule has 1 N–H and O–H groups in total. The van der Waals surface area contributed by atoms with Gasteiger partial charge in [-0.15, -0.1) is 0 Å². The van der Waals surface area contributed by atoms with Crippen LogP contribution in [0.2, 0.25) is 0 Å². The fourth-order valence-electron chi connectivity index (χ4n) is 1.17. The average molecular weight is 158 g/mol. The monoisotopic (exact) mass is 158 g/mol. The molecule has 0 saturated heterocycles. The Labute approximate surface area is 68.6 Å². The molecule has 0 aromatic rings. The van der Waals surface area contributed by atoms with Crippen molar-refractivity contribution in [2.45, 2.75) is 40.0 Å². The van der Waals surface area contributed by atoms with E-state index in [9.17, 15) is 4.79 Å². The topological polar surface area (TPSA) is 37.3 Å². The lowest BCUT2D eigenvalue weighted by Gasteiger charge is -2.14. The SMILES string of the molecule is CCCC[C@H](C(=O)O)C(C)C. The zero-order valence-corrected chi connectivity index (χ0v) is 7.63. The molecule has 0 rings (SSSR count). The fourth-order valence-corrected chi connectivity index (χ4v) is 1.17. The molecule has 0 radical (unpaired) electrons. The van der Waals surface area contributed by atoms with E-state index in [-0.39, 0.29) is 11.8 Å². The number of carboxylic acid groups (broad SMARTS) is 1. The zero-order valence-electron chi connectivity index (χ0n) is 7.63. The van der Waals surface area contributed by atoms with Crippen LogP contribution in [-0.2, 0) is 4.79 Å². The van der Waals surface area contributed by atoms with Crippen LogP contribution in [0, 0.1) is 11.8 Å². The molecule has 0 aliphatic heterocycles. The Morgan fingerprint density at radius 1 is 1.45 bits per heavy atom. The van der Waals surface area contributed by atoms with Gasteiger partial charge in [0.1, 0.15) is 0 Å². The molecule has 0 unspecified atom stereocenters. The normalized spacial score (nSPS) is 13.5. The Kier molecular flexibility index (Phi) is 4.92. The Balaban J connectivity index is 3.80. The lowest BCUT2D eigenvalue weighted by Crippen LogP contribution is -2.19. The largest absolute Gasteiger partial charge is 0.481 e. The smallest absolute Gasteiger partial charge is 0.306 e. The van der Waals surface area contributed by atoms with Crippen LogP contribution in [-0.4, -0.2) is 11.1 Å². The highest BCUT2D eigenvalue weighted by atomic mass is 16.4. The van der Waals surface area contributed by atoms with E-state index in [4.69, 9.17) is 5.11 Å². The van der Waals surface area contributed by atoms with E-state index in [1.165, 1.54) is 0 Å². The van der Waals surface area contributed by atoms with E-state index in [2.05, 4.69) is 6.92 Å². The van der Waals surface area contributed by atoms with Crippen LogP contribution >= 0.6 is 0 Å². The average Bonchev–Trinajstić information content (AvgIpc) is 1.87. The minimum Gasteiger partial charge on any atom is -0.481 e. The number of aliphatic carboxylic acids is 1. The van der Waals surface area contributed by atoms with Gasteiger partial charge in [-0.25, -0.2) is 0 Å². The molecule has 0 fully saturated rings. The highest BCUT2D eigenvalue weighted by Gasteiger charge is 2.19. The Morgan fingerprint density at radius 3 is 2.27 bits per heavy atom. The van der Waals surface area contributed by atoms with Crippen LogP contribution < -0.4 is 0 Å². The number of hydrogen-bond acceptors (Lipinski definition) is 1. The van der Waals surface area contributed by atoms with Gasteiger partial charge < -0.3 is 5.11 Å². The van der Waals surface area contributed by atoms with Crippen LogP contribution in [0.1, 0.15) is 40.0 Å². The zero-order chi connectivity index (χ0) is 8.85. The molecule has 0 aliphatic rings. The van der Waals surface area contributed by atoms with Crippen LogP contribution in [0.25, 0.3) is 0 Å². The first-order chi connectivity index (χ1) is 5.09. The first-order valence-corrected chi connectivity index (χ1v) is 4.32. The quantitative estimate of drug-likeness (QED) is 0.667. The van der Waals surface area contributed by atoms with Crippen molar-refractivity contribution < 1.29 is 9.90 Å². The van der Waals surface area contributed by atoms with Gasteiger partial charge in [-0.3, -0.25) is 4.79 Å². The summed E-state index contributed by atoms with van der Waals surface area (Å²) in [6.07, 6.45) is 2.93. The van der Waals surface area contributed by atoms with E-state index in [1.807, 2.05) is 13.8 Å². The Bertz CT molecular complexity index is 119. The van der Waals surface area contributed by atoms with Crippen LogP contribution in [0.5, 0.6) is 0 Å². The molecule has 0 heterocycles. The van der Waals surface area contributed by atoms with Gasteiger partial charge in [0.2, 0.25) is 0 Å². The third kappa shape index (κ3) is 4.02. The summed E-state index contributed by atoms with van der Waals surface area (Å²) in [4.78, 5) is 10.6. The van der Waals surface area contributed by atoms with Gasteiger partial charge in [-0.2, -0.15) is 0 Å². The fraction of sp³-hybridized carbons (Fsp3) is 0.889. The summed E-state index contributed by atoms with van der Waals surface area (Å²) in [7, 11) is 0. The molecule has 0 aromatic heterocycles. The second-order valence-electron chi connectivity index (χ2n) is 3.33. The second-order valence-corrected chi connectivity index (χ2v) is 3.33. The maximum absolute atomic E-state index is 10.6. The summed E-state index contributed by atoms with van der Waals surface area (Å²) in [5.41, 5.74) is 0. The van der Waals surface area contributed by atoms with Crippen molar-refractivity contribution in [1.29, 1.82) is 0 Å². The summed E-state index contributed by atoms with van der Waals surface area (Å²) in [6, 6.07) is 0. The molecule has 2 nitrogen and oxygen atoms in total. The lowest BCUT2D eigenvalue weighted by atomic mass is 9.91. The van der Waals surface area contributed by atoms with Gasteiger partial charge in [0.25, 0.3) is 0 Å². The third-order valence-corrected chi connectivity index (χ3v) is 1.99. The van der Waals surface area contributed by atoms with Crippen LogP contribution in [0.4, 0.5) is 0 Å². The van der Waals surface area contributed by atoms with Gasteiger partial charge in [-0.1, -0.05) is 33.6 Å². The molecule has 0 bridgehead atoms. The summed E-state index contributed by atoms with van der Waals surface area (Å²) in [6.45, 7) is 6.02. The summed E-state index contributed by atoms with van der Waals surface area (Å²) < 4.78 is 0.